The standard InChI is InChI=1S/C28H34F3N3O2/c1-17-12-22(16-27(3,4)15-17)34-24-13-18(2)19(6-11-25(35)36-5)14-23(24)33-26(34)32-21-9-7-20(8-10-21)28(29,30)31/h7-10,13-14,17,22H,6,11-12,15-16H2,1-5H3,(H,32,33)/t17-,22-/m1/s1. The number of hydrogen-bond donors (Lipinski definition) is 1. The molecule has 1 aliphatic carbocycles. The van der Waals surface area contributed by atoms with Crippen LogP contribution >= 0.6 is 0 Å². The van der Waals surface area contributed by atoms with E-state index in [0.717, 1.165) is 53.6 Å². The van der Waals surface area contributed by atoms with E-state index in [1.165, 1.54) is 19.2 Å². The second kappa shape index (κ2) is 9.79. The van der Waals surface area contributed by atoms with Crippen molar-refractivity contribution < 1.29 is 22.7 Å². The number of imidazole rings is 1. The SMILES string of the molecule is COC(=O)CCc1cc2nc(Nc3ccc(C(F)(F)F)cc3)n([C@@H]3C[C@@H](C)CC(C)(C)C3)c2cc1C. The molecule has 2 atom stereocenters. The van der Waals surface area contributed by atoms with Gasteiger partial charge < -0.3 is 14.6 Å². The van der Waals surface area contributed by atoms with Crippen molar-refractivity contribution in [1.29, 1.82) is 0 Å². The van der Waals surface area contributed by atoms with E-state index in [0.29, 0.717) is 24.0 Å². The first-order valence-electron chi connectivity index (χ1n) is 12.4. The predicted octanol–water partition coefficient (Wildman–Crippen LogP) is 7.60. The molecule has 0 unspecified atom stereocenters. The second-order valence-corrected chi connectivity index (χ2v) is 10.9. The molecule has 3 aromatic rings. The maximum absolute atomic E-state index is 13.0. The van der Waals surface area contributed by atoms with E-state index in [2.05, 4.69) is 36.7 Å². The van der Waals surface area contributed by atoms with Crippen molar-refractivity contribution in [3.8, 4) is 0 Å². The summed E-state index contributed by atoms with van der Waals surface area (Å²) in [5.41, 5.74) is 3.90. The Morgan fingerprint density at radius 2 is 1.89 bits per heavy atom. The molecule has 0 aliphatic heterocycles. The van der Waals surface area contributed by atoms with Gasteiger partial charge in [-0.3, -0.25) is 4.79 Å². The summed E-state index contributed by atoms with van der Waals surface area (Å²) >= 11 is 0. The smallest absolute Gasteiger partial charge is 0.416 e. The van der Waals surface area contributed by atoms with Crippen LogP contribution in [0.5, 0.6) is 0 Å². The zero-order chi connectivity index (χ0) is 26.3. The van der Waals surface area contributed by atoms with Crippen molar-refractivity contribution in [1.82, 2.24) is 9.55 Å². The number of benzene rings is 2. The number of esters is 1. The normalized spacial score (nSPS) is 19.9. The van der Waals surface area contributed by atoms with E-state index >= 15 is 0 Å². The minimum Gasteiger partial charge on any atom is -0.469 e. The third kappa shape index (κ3) is 5.68. The van der Waals surface area contributed by atoms with E-state index in [4.69, 9.17) is 9.72 Å². The lowest BCUT2D eigenvalue weighted by Crippen LogP contribution is -2.29. The lowest BCUT2D eigenvalue weighted by molar-refractivity contribution is -0.140. The van der Waals surface area contributed by atoms with Crippen molar-refractivity contribution in [2.45, 2.75) is 72.0 Å². The van der Waals surface area contributed by atoms with E-state index < -0.39 is 11.7 Å². The summed E-state index contributed by atoms with van der Waals surface area (Å²) in [4.78, 5) is 16.6. The largest absolute Gasteiger partial charge is 0.469 e. The zero-order valence-corrected chi connectivity index (χ0v) is 21.5. The Morgan fingerprint density at radius 1 is 1.19 bits per heavy atom. The highest BCUT2D eigenvalue weighted by Crippen LogP contribution is 2.46. The van der Waals surface area contributed by atoms with E-state index in [9.17, 15) is 18.0 Å². The predicted molar refractivity (Wildman–Crippen MR) is 135 cm³/mol. The number of ether oxygens (including phenoxy) is 1. The van der Waals surface area contributed by atoms with Gasteiger partial charge in [-0.25, -0.2) is 4.98 Å². The molecular weight excluding hydrogens is 467 g/mol. The van der Waals surface area contributed by atoms with Gasteiger partial charge in [0.25, 0.3) is 0 Å². The van der Waals surface area contributed by atoms with Crippen molar-refractivity contribution in [2.75, 3.05) is 12.4 Å². The molecule has 36 heavy (non-hydrogen) atoms. The lowest BCUT2D eigenvalue weighted by atomic mass is 9.70. The number of rotatable bonds is 6. The number of carbonyl (C=O) groups excluding carboxylic acids is 1. The number of carbonyl (C=O) groups is 1. The highest BCUT2D eigenvalue weighted by Gasteiger charge is 2.35. The Kier molecular flexibility index (Phi) is 7.08. The van der Waals surface area contributed by atoms with E-state index in [1.807, 2.05) is 13.0 Å². The fraction of sp³-hybridized carbons (Fsp3) is 0.500. The highest BCUT2D eigenvalue weighted by molar-refractivity contribution is 5.82. The second-order valence-electron chi connectivity index (χ2n) is 10.9. The van der Waals surface area contributed by atoms with Gasteiger partial charge in [-0.05, 0) is 91.5 Å². The first kappa shape index (κ1) is 26.0. The quantitative estimate of drug-likeness (QED) is 0.353. The molecule has 8 heteroatoms. The molecule has 1 aromatic heterocycles. The van der Waals surface area contributed by atoms with Crippen molar-refractivity contribution >= 4 is 28.6 Å². The van der Waals surface area contributed by atoms with Gasteiger partial charge in [0.05, 0.1) is 23.7 Å². The number of nitrogens with one attached hydrogen (secondary N) is 1. The molecular formula is C28H34F3N3O2. The average Bonchev–Trinajstić information content (AvgIpc) is 3.12. The van der Waals surface area contributed by atoms with Gasteiger partial charge in [0.15, 0.2) is 0 Å². The molecule has 0 radical (unpaired) electrons. The van der Waals surface area contributed by atoms with Gasteiger partial charge in [-0.2, -0.15) is 13.2 Å². The Bertz CT molecular complexity index is 1250. The van der Waals surface area contributed by atoms with Crippen molar-refractivity contribution in [3.63, 3.8) is 0 Å². The van der Waals surface area contributed by atoms with Gasteiger partial charge in [-0.15, -0.1) is 0 Å². The molecule has 1 saturated carbocycles. The molecule has 0 amide bonds. The van der Waals surface area contributed by atoms with Crippen molar-refractivity contribution in [3.05, 3.63) is 53.1 Å². The number of fused-ring (bicyclic) bond motifs is 1. The maximum atomic E-state index is 13.0. The Balaban J connectivity index is 1.76. The molecule has 0 spiro atoms. The zero-order valence-electron chi connectivity index (χ0n) is 21.5. The maximum Gasteiger partial charge on any atom is 0.416 e. The molecule has 1 heterocycles. The number of halogens is 3. The molecule has 194 valence electrons. The summed E-state index contributed by atoms with van der Waals surface area (Å²) in [5, 5.41) is 3.29. The fourth-order valence-electron chi connectivity index (χ4n) is 5.72. The van der Waals surface area contributed by atoms with Gasteiger partial charge in [-0.1, -0.05) is 20.8 Å². The molecule has 0 bridgehead atoms. The van der Waals surface area contributed by atoms with Gasteiger partial charge >= 0.3 is 12.1 Å². The number of anilines is 2. The summed E-state index contributed by atoms with van der Waals surface area (Å²) in [7, 11) is 1.38. The minimum atomic E-state index is -4.38. The molecule has 5 nitrogen and oxygen atoms in total. The molecule has 1 fully saturated rings. The Morgan fingerprint density at radius 3 is 2.50 bits per heavy atom. The fourth-order valence-corrected chi connectivity index (χ4v) is 5.72. The topological polar surface area (TPSA) is 56.1 Å². The Hall–Kier alpha value is -3.03. The van der Waals surface area contributed by atoms with Crippen LogP contribution in [0, 0.1) is 18.3 Å². The number of alkyl halides is 3. The number of hydrogen-bond acceptors (Lipinski definition) is 4. The Labute approximate surface area is 210 Å². The molecule has 4 rings (SSSR count). The van der Waals surface area contributed by atoms with Crippen LogP contribution in [0.3, 0.4) is 0 Å². The number of methoxy groups -OCH3 is 1. The van der Waals surface area contributed by atoms with Crippen molar-refractivity contribution in [2.24, 2.45) is 11.3 Å². The van der Waals surface area contributed by atoms with E-state index in [1.54, 1.807) is 0 Å². The third-order valence-electron chi connectivity index (χ3n) is 7.17. The van der Waals surface area contributed by atoms with Crippen LogP contribution in [0.15, 0.2) is 36.4 Å². The lowest BCUT2D eigenvalue weighted by Gasteiger charge is -2.40. The number of aryl methyl sites for hydroxylation is 2. The summed E-state index contributed by atoms with van der Waals surface area (Å²) in [6.45, 7) is 8.87. The van der Waals surface area contributed by atoms with Crippen LogP contribution in [0.2, 0.25) is 0 Å². The van der Waals surface area contributed by atoms with Crippen LogP contribution in [-0.2, 0) is 22.1 Å². The van der Waals surface area contributed by atoms with Crippen LogP contribution in [0.4, 0.5) is 24.8 Å². The van der Waals surface area contributed by atoms with Crippen LogP contribution in [-0.4, -0.2) is 22.6 Å². The number of nitrogens with zero attached hydrogens (tertiary/aromatic N) is 2. The van der Waals surface area contributed by atoms with Gasteiger partial charge in [0.2, 0.25) is 5.95 Å². The highest BCUT2D eigenvalue weighted by atomic mass is 19.4. The first-order valence-corrected chi connectivity index (χ1v) is 12.4. The summed E-state index contributed by atoms with van der Waals surface area (Å²) in [6, 6.07) is 9.36. The van der Waals surface area contributed by atoms with Crippen LogP contribution in [0.1, 0.15) is 69.2 Å². The number of aromatic nitrogens is 2. The third-order valence-corrected chi connectivity index (χ3v) is 7.17. The minimum absolute atomic E-state index is 0.167. The molecule has 1 aliphatic rings. The summed E-state index contributed by atoms with van der Waals surface area (Å²) < 4.78 is 46.2. The van der Waals surface area contributed by atoms with Gasteiger partial charge in [0.1, 0.15) is 0 Å². The van der Waals surface area contributed by atoms with Gasteiger partial charge in [0, 0.05) is 18.2 Å². The summed E-state index contributed by atoms with van der Waals surface area (Å²) in [6.07, 6.45) is -0.416. The monoisotopic (exact) mass is 501 g/mol. The summed E-state index contributed by atoms with van der Waals surface area (Å²) in [5.74, 6) is 0.892. The first-order chi connectivity index (χ1) is 16.9. The van der Waals surface area contributed by atoms with Crippen LogP contribution < -0.4 is 5.32 Å². The molecule has 0 saturated heterocycles. The van der Waals surface area contributed by atoms with Crippen LogP contribution in [0.25, 0.3) is 11.0 Å². The van der Waals surface area contributed by atoms with E-state index in [-0.39, 0.29) is 23.8 Å². The molecule has 2 aromatic carbocycles. The molecule has 1 N–H and O–H groups in total. The average molecular weight is 502 g/mol.